The average Bonchev–Trinajstić information content (AvgIpc) is 3.13. The number of carbonyl (C=O) groups excluding carboxylic acids is 2. The first-order valence-corrected chi connectivity index (χ1v) is 11.9. The van der Waals surface area contributed by atoms with Crippen LogP contribution in [0.3, 0.4) is 0 Å². The van der Waals surface area contributed by atoms with Crippen LogP contribution in [0.4, 0.5) is 4.39 Å². The van der Waals surface area contributed by atoms with Crippen molar-refractivity contribution in [3.05, 3.63) is 65.0 Å². The molecule has 2 aromatic carbocycles. The number of hydrogen-bond acceptors (Lipinski definition) is 6. The van der Waals surface area contributed by atoms with Crippen LogP contribution in [0.25, 0.3) is 5.76 Å². The van der Waals surface area contributed by atoms with Crippen molar-refractivity contribution in [3.63, 3.8) is 0 Å². The van der Waals surface area contributed by atoms with Crippen molar-refractivity contribution < 1.29 is 28.6 Å². The van der Waals surface area contributed by atoms with Crippen molar-refractivity contribution >= 4 is 17.4 Å². The van der Waals surface area contributed by atoms with Crippen LogP contribution >= 0.6 is 0 Å². The van der Waals surface area contributed by atoms with Crippen LogP contribution in [0.1, 0.15) is 44.4 Å². The van der Waals surface area contributed by atoms with E-state index in [-0.39, 0.29) is 16.9 Å². The number of aliphatic hydroxyl groups is 1. The zero-order chi connectivity index (χ0) is 25.5. The summed E-state index contributed by atoms with van der Waals surface area (Å²) in [5, 5.41) is 11.1. The van der Waals surface area contributed by atoms with E-state index in [1.165, 1.54) is 36.3 Å². The average molecular weight is 485 g/mol. The van der Waals surface area contributed by atoms with Gasteiger partial charge in [0.15, 0.2) is 11.5 Å². The number of rotatable bonds is 11. The minimum atomic E-state index is -0.829. The maximum Gasteiger partial charge on any atom is 0.295 e. The summed E-state index contributed by atoms with van der Waals surface area (Å²) < 4.78 is 24.7. The molecule has 1 aliphatic rings. The van der Waals surface area contributed by atoms with Crippen molar-refractivity contribution in [3.8, 4) is 11.5 Å². The Balaban J connectivity index is 2.12. The highest BCUT2D eigenvalue weighted by atomic mass is 19.1. The lowest BCUT2D eigenvalue weighted by molar-refractivity contribution is -0.140. The summed E-state index contributed by atoms with van der Waals surface area (Å²) in [6.45, 7) is 9.06. The lowest BCUT2D eigenvalue weighted by Crippen LogP contribution is -2.38. The number of halogens is 1. The lowest BCUT2D eigenvalue weighted by Gasteiger charge is -2.28. The molecule has 1 amide bonds. The summed E-state index contributed by atoms with van der Waals surface area (Å²) in [4.78, 5) is 29.9. The van der Waals surface area contributed by atoms with E-state index in [1.807, 2.05) is 20.8 Å². The fourth-order valence-electron chi connectivity index (χ4n) is 4.19. The first-order chi connectivity index (χ1) is 16.9. The molecule has 1 saturated heterocycles. The summed E-state index contributed by atoms with van der Waals surface area (Å²) in [7, 11) is 1.52. The molecule has 0 radical (unpaired) electrons. The quantitative estimate of drug-likeness (QED) is 0.290. The van der Waals surface area contributed by atoms with Gasteiger partial charge in [0.1, 0.15) is 11.6 Å². The van der Waals surface area contributed by atoms with Gasteiger partial charge in [0.2, 0.25) is 0 Å². The zero-order valence-corrected chi connectivity index (χ0v) is 20.7. The number of ether oxygens (including phenoxy) is 2. The van der Waals surface area contributed by atoms with Gasteiger partial charge in [0, 0.05) is 18.7 Å². The molecule has 1 aliphatic heterocycles. The molecule has 1 unspecified atom stereocenters. The van der Waals surface area contributed by atoms with Crippen LogP contribution in [0.5, 0.6) is 11.5 Å². The van der Waals surface area contributed by atoms with Gasteiger partial charge in [-0.25, -0.2) is 4.39 Å². The highest BCUT2D eigenvalue weighted by Gasteiger charge is 2.46. The molecular formula is C27H33FN2O5. The smallest absolute Gasteiger partial charge is 0.295 e. The molecule has 188 valence electrons. The summed E-state index contributed by atoms with van der Waals surface area (Å²) in [6, 6.07) is 9.57. The number of nitrogens with zero attached hydrogens (tertiary/aromatic N) is 2. The molecule has 0 bridgehead atoms. The van der Waals surface area contributed by atoms with E-state index in [2.05, 4.69) is 4.90 Å². The van der Waals surface area contributed by atoms with Gasteiger partial charge in [0.25, 0.3) is 11.7 Å². The van der Waals surface area contributed by atoms with Crippen molar-refractivity contribution in [1.29, 1.82) is 0 Å². The van der Waals surface area contributed by atoms with Gasteiger partial charge in [-0.15, -0.1) is 0 Å². The molecule has 0 aliphatic carbocycles. The van der Waals surface area contributed by atoms with Crippen LogP contribution in [0.15, 0.2) is 48.0 Å². The Morgan fingerprint density at radius 3 is 2.34 bits per heavy atom. The second kappa shape index (κ2) is 11.8. The third-order valence-corrected chi connectivity index (χ3v) is 6.17. The number of amides is 1. The predicted octanol–water partition coefficient (Wildman–Crippen LogP) is 4.39. The molecule has 1 fully saturated rings. The number of aliphatic hydroxyl groups excluding tert-OH is 1. The predicted molar refractivity (Wildman–Crippen MR) is 132 cm³/mol. The van der Waals surface area contributed by atoms with Gasteiger partial charge >= 0.3 is 0 Å². The van der Waals surface area contributed by atoms with Crippen LogP contribution in [-0.2, 0) is 9.59 Å². The van der Waals surface area contributed by atoms with Gasteiger partial charge in [0.05, 0.1) is 25.3 Å². The Morgan fingerprint density at radius 2 is 1.74 bits per heavy atom. The van der Waals surface area contributed by atoms with E-state index in [0.717, 1.165) is 19.5 Å². The van der Waals surface area contributed by atoms with E-state index in [9.17, 15) is 19.1 Å². The molecule has 1 heterocycles. The molecule has 0 aromatic heterocycles. The molecule has 1 atom stereocenters. The van der Waals surface area contributed by atoms with Crippen LogP contribution in [-0.4, -0.2) is 66.5 Å². The lowest BCUT2D eigenvalue weighted by atomic mass is 9.95. The Labute approximate surface area is 205 Å². The third kappa shape index (κ3) is 5.65. The van der Waals surface area contributed by atoms with Crippen molar-refractivity contribution in [2.24, 2.45) is 0 Å². The normalized spacial score (nSPS) is 17.3. The SMILES string of the molecule is CCCOc1ccc(C2C(=C(O)c3ccc(F)cc3)C(=O)C(=O)N2CCN(CC)CC)cc1OC. The number of benzene rings is 2. The molecule has 0 saturated carbocycles. The molecule has 8 heteroatoms. The zero-order valence-electron chi connectivity index (χ0n) is 20.7. The summed E-state index contributed by atoms with van der Waals surface area (Å²) in [5.41, 5.74) is 0.826. The van der Waals surface area contributed by atoms with Gasteiger partial charge < -0.3 is 24.4 Å². The third-order valence-electron chi connectivity index (χ3n) is 6.17. The van der Waals surface area contributed by atoms with Gasteiger partial charge in [-0.2, -0.15) is 0 Å². The van der Waals surface area contributed by atoms with Crippen LogP contribution in [0.2, 0.25) is 0 Å². The molecule has 3 rings (SSSR count). The Hall–Kier alpha value is -3.39. The molecule has 7 nitrogen and oxygen atoms in total. The first kappa shape index (κ1) is 26.2. The molecule has 0 spiro atoms. The van der Waals surface area contributed by atoms with Gasteiger partial charge in [-0.05, 0) is 61.5 Å². The van der Waals surface area contributed by atoms with E-state index < -0.39 is 23.5 Å². The molecule has 35 heavy (non-hydrogen) atoms. The number of Topliss-reactive ketones (excluding diaryl/α,β-unsaturated/α-hetero) is 1. The van der Waals surface area contributed by atoms with Crippen molar-refractivity contribution in [2.45, 2.75) is 33.2 Å². The minimum absolute atomic E-state index is 0.0366. The second-order valence-electron chi connectivity index (χ2n) is 8.29. The van der Waals surface area contributed by atoms with Crippen LogP contribution < -0.4 is 9.47 Å². The highest BCUT2D eigenvalue weighted by Crippen LogP contribution is 2.42. The van der Waals surface area contributed by atoms with E-state index >= 15 is 0 Å². The van der Waals surface area contributed by atoms with E-state index in [1.54, 1.807) is 18.2 Å². The molecule has 2 aromatic rings. The number of likely N-dealkylation sites (tertiary alicyclic amines) is 1. The highest BCUT2D eigenvalue weighted by molar-refractivity contribution is 6.46. The molecular weight excluding hydrogens is 451 g/mol. The second-order valence-corrected chi connectivity index (χ2v) is 8.29. The Morgan fingerprint density at radius 1 is 1.06 bits per heavy atom. The largest absolute Gasteiger partial charge is 0.507 e. The number of likely N-dealkylation sites (N-methyl/N-ethyl adjacent to an activating group) is 1. The van der Waals surface area contributed by atoms with Crippen molar-refractivity contribution in [2.75, 3.05) is 39.9 Å². The fourth-order valence-corrected chi connectivity index (χ4v) is 4.19. The topological polar surface area (TPSA) is 79.3 Å². The standard InChI is InChI=1S/C27H33FN2O5/c1-5-16-35-21-13-10-19(17-22(21)34-4)24-23(25(31)18-8-11-20(28)12-9-18)26(32)27(33)30(24)15-14-29(6-2)7-3/h8-13,17,24,31H,5-7,14-16H2,1-4H3. The van der Waals surface area contributed by atoms with Gasteiger partial charge in [-0.3, -0.25) is 9.59 Å². The van der Waals surface area contributed by atoms with E-state index in [4.69, 9.17) is 9.47 Å². The fraction of sp³-hybridized carbons (Fsp3) is 0.407. The Bertz CT molecular complexity index is 1080. The monoisotopic (exact) mass is 484 g/mol. The maximum absolute atomic E-state index is 13.5. The van der Waals surface area contributed by atoms with E-state index in [0.29, 0.717) is 36.8 Å². The van der Waals surface area contributed by atoms with Crippen molar-refractivity contribution in [1.82, 2.24) is 9.80 Å². The Kier molecular flexibility index (Phi) is 8.87. The first-order valence-electron chi connectivity index (χ1n) is 11.9. The summed E-state index contributed by atoms with van der Waals surface area (Å²) >= 11 is 0. The summed E-state index contributed by atoms with van der Waals surface area (Å²) in [5.74, 6) is -1.25. The summed E-state index contributed by atoms with van der Waals surface area (Å²) in [6.07, 6.45) is 0.827. The number of carbonyl (C=O) groups is 2. The van der Waals surface area contributed by atoms with Crippen LogP contribution in [0, 0.1) is 5.82 Å². The number of hydrogen-bond donors (Lipinski definition) is 1. The van der Waals surface area contributed by atoms with Gasteiger partial charge in [-0.1, -0.05) is 26.8 Å². The number of ketones is 1. The maximum atomic E-state index is 13.5. The number of methoxy groups -OCH3 is 1. The minimum Gasteiger partial charge on any atom is -0.507 e. The molecule has 1 N–H and O–H groups in total.